The van der Waals surface area contributed by atoms with Crippen LogP contribution in [0.25, 0.3) is 5.00 Å². The number of hydrogen-bond acceptors (Lipinski definition) is 2. The maximum atomic E-state index is 10.9. The minimum Gasteiger partial charge on any atom is -0.324 e. The minimum absolute atomic E-state index is 0.0446. The number of hydrogen-bond donors (Lipinski definition) is 1. The normalized spacial score (nSPS) is 10.1. The van der Waals surface area contributed by atoms with Crippen molar-refractivity contribution in [3.8, 4) is 5.00 Å². The van der Waals surface area contributed by atoms with Crippen molar-refractivity contribution in [2.24, 2.45) is 0 Å². The third-order valence-electron chi connectivity index (χ3n) is 1.79. The second-order valence-electron chi connectivity index (χ2n) is 2.91. The molecular formula is C10H10N2OS. The van der Waals surface area contributed by atoms with Gasteiger partial charge < -0.3 is 9.88 Å². The van der Waals surface area contributed by atoms with Gasteiger partial charge in [0.25, 0.3) is 0 Å². The summed E-state index contributed by atoms with van der Waals surface area (Å²) in [4.78, 5) is 10.9. The highest BCUT2D eigenvalue weighted by Crippen LogP contribution is 2.26. The molecule has 0 unspecified atom stereocenters. The van der Waals surface area contributed by atoms with Crippen molar-refractivity contribution in [3.05, 3.63) is 36.0 Å². The smallest absolute Gasteiger partial charge is 0.221 e. The Morgan fingerprint density at radius 2 is 2.14 bits per heavy atom. The van der Waals surface area contributed by atoms with Gasteiger partial charge in [0.1, 0.15) is 5.00 Å². The van der Waals surface area contributed by atoms with E-state index >= 15 is 0 Å². The molecule has 0 fully saturated rings. The van der Waals surface area contributed by atoms with E-state index in [1.165, 1.54) is 6.92 Å². The van der Waals surface area contributed by atoms with Crippen LogP contribution in [0.3, 0.4) is 0 Å². The second kappa shape index (κ2) is 3.67. The molecule has 3 nitrogen and oxygen atoms in total. The molecule has 0 aliphatic carbocycles. The van der Waals surface area contributed by atoms with Crippen LogP contribution in [0.4, 0.5) is 5.69 Å². The van der Waals surface area contributed by atoms with E-state index in [2.05, 4.69) is 5.32 Å². The van der Waals surface area contributed by atoms with E-state index in [-0.39, 0.29) is 5.91 Å². The van der Waals surface area contributed by atoms with Gasteiger partial charge in [0.2, 0.25) is 5.91 Å². The van der Waals surface area contributed by atoms with Gasteiger partial charge in [-0.3, -0.25) is 4.79 Å². The van der Waals surface area contributed by atoms with Crippen LogP contribution in [-0.2, 0) is 4.79 Å². The van der Waals surface area contributed by atoms with Crippen LogP contribution >= 0.6 is 11.3 Å². The number of thiophene rings is 1. The van der Waals surface area contributed by atoms with Gasteiger partial charge in [-0.25, -0.2) is 0 Å². The summed E-state index contributed by atoms with van der Waals surface area (Å²) < 4.78 is 1.98. The van der Waals surface area contributed by atoms with Gasteiger partial charge in [0.15, 0.2) is 0 Å². The Hall–Kier alpha value is -1.55. The lowest BCUT2D eigenvalue weighted by Gasteiger charge is -2.04. The summed E-state index contributed by atoms with van der Waals surface area (Å²) in [5.41, 5.74) is 0.860. The Balaban J connectivity index is 2.35. The first kappa shape index (κ1) is 9.02. The van der Waals surface area contributed by atoms with Crippen LogP contribution in [0.1, 0.15) is 6.92 Å². The van der Waals surface area contributed by atoms with Gasteiger partial charge in [-0.2, -0.15) is 0 Å². The van der Waals surface area contributed by atoms with E-state index in [0.717, 1.165) is 10.7 Å². The highest BCUT2D eigenvalue weighted by molar-refractivity contribution is 7.13. The average Bonchev–Trinajstić information content (AvgIpc) is 2.70. The van der Waals surface area contributed by atoms with Crippen LogP contribution in [0, 0.1) is 0 Å². The Kier molecular flexibility index (Phi) is 2.37. The third-order valence-corrected chi connectivity index (χ3v) is 2.72. The van der Waals surface area contributed by atoms with E-state index in [1.54, 1.807) is 11.3 Å². The lowest BCUT2D eigenvalue weighted by atomic mass is 10.4. The number of carbonyl (C=O) groups excluding carboxylic acids is 1. The van der Waals surface area contributed by atoms with Crippen molar-refractivity contribution in [2.45, 2.75) is 6.92 Å². The van der Waals surface area contributed by atoms with E-state index in [0.29, 0.717) is 0 Å². The van der Waals surface area contributed by atoms with Gasteiger partial charge in [0, 0.05) is 19.3 Å². The van der Waals surface area contributed by atoms with Crippen molar-refractivity contribution in [1.82, 2.24) is 4.57 Å². The zero-order valence-corrected chi connectivity index (χ0v) is 8.54. The van der Waals surface area contributed by atoms with Gasteiger partial charge in [-0.1, -0.05) is 0 Å². The molecule has 14 heavy (non-hydrogen) atoms. The number of anilines is 1. The van der Waals surface area contributed by atoms with Crippen molar-refractivity contribution >= 4 is 22.9 Å². The van der Waals surface area contributed by atoms with Crippen LogP contribution in [-0.4, -0.2) is 10.5 Å². The monoisotopic (exact) mass is 206 g/mol. The molecule has 2 aromatic heterocycles. The van der Waals surface area contributed by atoms with Gasteiger partial charge >= 0.3 is 0 Å². The molecule has 2 aromatic rings. The molecular weight excluding hydrogens is 196 g/mol. The van der Waals surface area contributed by atoms with Gasteiger partial charge in [-0.15, -0.1) is 11.3 Å². The molecule has 2 heterocycles. The predicted octanol–water partition coefficient (Wildman–Crippen LogP) is 2.50. The highest BCUT2D eigenvalue weighted by atomic mass is 32.1. The topological polar surface area (TPSA) is 34.0 Å². The van der Waals surface area contributed by atoms with E-state index in [9.17, 15) is 4.79 Å². The van der Waals surface area contributed by atoms with Crippen LogP contribution < -0.4 is 5.32 Å². The van der Waals surface area contributed by atoms with Crippen LogP contribution in [0.2, 0.25) is 0 Å². The number of rotatable bonds is 2. The molecule has 1 N–H and O–H groups in total. The minimum atomic E-state index is -0.0446. The molecule has 0 aliphatic rings. The summed E-state index contributed by atoms with van der Waals surface area (Å²) >= 11 is 1.60. The summed E-state index contributed by atoms with van der Waals surface area (Å²) in [5, 5.41) is 5.78. The third kappa shape index (κ3) is 1.70. The van der Waals surface area contributed by atoms with Crippen molar-refractivity contribution < 1.29 is 4.79 Å². The maximum absolute atomic E-state index is 10.9. The molecule has 0 bridgehead atoms. The van der Waals surface area contributed by atoms with Crippen molar-refractivity contribution in [3.63, 3.8) is 0 Å². The molecule has 72 valence electrons. The quantitative estimate of drug-likeness (QED) is 0.804. The first-order valence-electron chi connectivity index (χ1n) is 4.26. The Labute approximate surface area is 86.0 Å². The standard InChI is InChI=1S/C10H10N2OS/c1-8(13)11-9-4-7-14-10(9)12-5-2-3-6-12/h2-7H,1H3,(H,11,13). The SMILES string of the molecule is CC(=O)Nc1ccsc1-n1cccc1. The zero-order valence-electron chi connectivity index (χ0n) is 7.73. The molecule has 0 aliphatic heterocycles. The maximum Gasteiger partial charge on any atom is 0.221 e. The number of nitrogens with one attached hydrogen (secondary N) is 1. The predicted molar refractivity (Wildman–Crippen MR) is 57.9 cm³/mol. The van der Waals surface area contributed by atoms with E-state index in [4.69, 9.17) is 0 Å². The Morgan fingerprint density at radius 1 is 1.43 bits per heavy atom. The number of carbonyl (C=O) groups is 1. The highest BCUT2D eigenvalue weighted by Gasteiger charge is 2.05. The zero-order chi connectivity index (χ0) is 9.97. The number of aromatic nitrogens is 1. The molecule has 0 aromatic carbocycles. The Bertz CT molecular complexity index is 431. The van der Waals surface area contributed by atoms with Gasteiger partial charge in [-0.05, 0) is 23.6 Å². The molecule has 1 amide bonds. The van der Waals surface area contributed by atoms with Crippen LogP contribution in [0.15, 0.2) is 36.0 Å². The van der Waals surface area contributed by atoms with Crippen molar-refractivity contribution in [2.75, 3.05) is 5.32 Å². The molecule has 0 saturated heterocycles. The fraction of sp³-hybridized carbons (Fsp3) is 0.100. The van der Waals surface area contributed by atoms with Crippen molar-refractivity contribution in [1.29, 1.82) is 0 Å². The lowest BCUT2D eigenvalue weighted by Crippen LogP contribution is -2.06. The summed E-state index contributed by atoms with van der Waals surface area (Å²) in [5.74, 6) is -0.0446. The largest absolute Gasteiger partial charge is 0.324 e. The molecule has 0 atom stereocenters. The van der Waals surface area contributed by atoms with Gasteiger partial charge in [0.05, 0.1) is 5.69 Å². The summed E-state index contributed by atoms with van der Waals surface area (Å²) in [6.07, 6.45) is 3.91. The summed E-state index contributed by atoms with van der Waals surface area (Å²) in [6, 6.07) is 5.82. The van der Waals surface area contributed by atoms with E-state index < -0.39 is 0 Å². The fourth-order valence-corrected chi connectivity index (χ4v) is 2.08. The molecule has 0 radical (unpaired) electrons. The first-order chi connectivity index (χ1) is 6.77. The number of nitrogens with zero attached hydrogens (tertiary/aromatic N) is 1. The summed E-state index contributed by atoms with van der Waals surface area (Å²) in [6.45, 7) is 1.51. The molecule has 0 saturated carbocycles. The molecule has 0 spiro atoms. The molecule has 4 heteroatoms. The Morgan fingerprint density at radius 3 is 2.79 bits per heavy atom. The van der Waals surface area contributed by atoms with Crippen LogP contribution in [0.5, 0.6) is 0 Å². The lowest BCUT2D eigenvalue weighted by molar-refractivity contribution is -0.114. The van der Waals surface area contributed by atoms with E-state index in [1.807, 2.05) is 40.5 Å². The summed E-state index contributed by atoms with van der Waals surface area (Å²) in [7, 11) is 0. The second-order valence-corrected chi connectivity index (χ2v) is 3.81. The number of amides is 1. The first-order valence-corrected chi connectivity index (χ1v) is 5.14. The molecule has 2 rings (SSSR count). The average molecular weight is 206 g/mol. The fourth-order valence-electron chi connectivity index (χ4n) is 1.26.